The van der Waals surface area contributed by atoms with Gasteiger partial charge >= 0.3 is 0 Å². The Morgan fingerprint density at radius 3 is 2.33 bits per heavy atom. The predicted octanol–water partition coefficient (Wildman–Crippen LogP) is 6.53. The average molecular weight is 414 g/mol. The summed E-state index contributed by atoms with van der Waals surface area (Å²) in [5.74, 6) is 0. The standard InChI is InChI=1S/C18H21ClIN/c1-18(2,3)12-17(13-7-5-4-6-8-13)21-16-10-9-14(19)11-15(16)20/h4-11,17,21H,12H2,1-3H3. The maximum atomic E-state index is 6.04. The Labute approximate surface area is 146 Å². The van der Waals surface area contributed by atoms with Crippen molar-refractivity contribution < 1.29 is 0 Å². The molecule has 0 aliphatic carbocycles. The highest BCUT2D eigenvalue weighted by Crippen LogP contribution is 2.33. The van der Waals surface area contributed by atoms with Crippen LogP contribution in [-0.2, 0) is 0 Å². The summed E-state index contributed by atoms with van der Waals surface area (Å²) in [6.45, 7) is 6.83. The van der Waals surface area contributed by atoms with E-state index in [4.69, 9.17) is 11.6 Å². The van der Waals surface area contributed by atoms with Gasteiger partial charge in [0.1, 0.15) is 0 Å². The number of hydrogen-bond donors (Lipinski definition) is 1. The van der Waals surface area contributed by atoms with Crippen molar-refractivity contribution in [1.29, 1.82) is 0 Å². The molecule has 0 bridgehead atoms. The lowest BCUT2D eigenvalue weighted by Crippen LogP contribution is -2.19. The number of anilines is 1. The SMILES string of the molecule is CC(C)(C)CC(Nc1ccc(Cl)cc1I)c1ccccc1. The van der Waals surface area contributed by atoms with Crippen molar-refractivity contribution in [1.82, 2.24) is 0 Å². The molecule has 112 valence electrons. The molecule has 0 aromatic heterocycles. The molecule has 1 atom stereocenters. The molecule has 0 saturated heterocycles. The normalized spacial score (nSPS) is 13.0. The molecule has 0 fully saturated rings. The second-order valence-electron chi connectivity index (χ2n) is 6.50. The highest BCUT2D eigenvalue weighted by molar-refractivity contribution is 14.1. The van der Waals surface area contributed by atoms with Crippen LogP contribution in [-0.4, -0.2) is 0 Å². The number of nitrogens with one attached hydrogen (secondary N) is 1. The van der Waals surface area contributed by atoms with Gasteiger partial charge in [-0.2, -0.15) is 0 Å². The van der Waals surface area contributed by atoms with E-state index in [0.29, 0.717) is 6.04 Å². The van der Waals surface area contributed by atoms with Crippen molar-refractivity contribution in [2.24, 2.45) is 5.41 Å². The lowest BCUT2D eigenvalue weighted by Gasteiger charge is -2.28. The zero-order valence-corrected chi connectivity index (χ0v) is 15.6. The van der Waals surface area contributed by atoms with Crippen LogP contribution >= 0.6 is 34.2 Å². The lowest BCUT2D eigenvalue weighted by molar-refractivity contribution is 0.352. The summed E-state index contributed by atoms with van der Waals surface area (Å²) in [6.07, 6.45) is 1.07. The van der Waals surface area contributed by atoms with Crippen LogP contribution in [0.15, 0.2) is 48.5 Å². The summed E-state index contributed by atoms with van der Waals surface area (Å²) in [6, 6.07) is 16.9. The number of benzene rings is 2. The fourth-order valence-corrected chi connectivity index (χ4v) is 3.37. The molecule has 0 aliphatic rings. The summed E-state index contributed by atoms with van der Waals surface area (Å²) < 4.78 is 1.15. The molecule has 21 heavy (non-hydrogen) atoms. The van der Waals surface area contributed by atoms with Crippen LogP contribution in [0.5, 0.6) is 0 Å². The first-order chi connectivity index (χ1) is 9.85. The molecule has 2 aromatic carbocycles. The molecular formula is C18H21ClIN. The first kappa shape index (κ1) is 16.6. The third-order valence-electron chi connectivity index (χ3n) is 3.28. The summed E-state index contributed by atoms with van der Waals surface area (Å²) in [5.41, 5.74) is 2.71. The fourth-order valence-electron chi connectivity index (χ4n) is 2.34. The topological polar surface area (TPSA) is 12.0 Å². The van der Waals surface area contributed by atoms with E-state index in [0.717, 1.165) is 20.7 Å². The van der Waals surface area contributed by atoms with Crippen molar-refractivity contribution in [3.8, 4) is 0 Å². The number of hydrogen-bond acceptors (Lipinski definition) is 1. The van der Waals surface area contributed by atoms with Gasteiger partial charge in [0.05, 0.1) is 6.04 Å². The van der Waals surface area contributed by atoms with Crippen LogP contribution in [0.2, 0.25) is 5.02 Å². The predicted molar refractivity (Wildman–Crippen MR) is 101 cm³/mol. The molecular weight excluding hydrogens is 393 g/mol. The molecule has 2 rings (SSSR count). The Morgan fingerprint density at radius 2 is 1.76 bits per heavy atom. The number of rotatable bonds is 4. The zero-order valence-electron chi connectivity index (χ0n) is 12.7. The molecule has 0 spiro atoms. The van der Waals surface area contributed by atoms with Gasteiger partial charge in [0.2, 0.25) is 0 Å². The van der Waals surface area contributed by atoms with Crippen LogP contribution in [0.25, 0.3) is 0 Å². The van der Waals surface area contributed by atoms with Gasteiger partial charge in [-0.05, 0) is 58.2 Å². The van der Waals surface area contributed by atoms with Gasteiger partial charge in [-0.1, -0.05) is 62.7 Å². The van der Waals surface area contributed by atoms with Gasteiger partial charge in [0, 0.05) is 14.3 Å². The van der Waals surface area contributed by atoms with Crippen molar-refractivity contribution in [2.45, 2.75) is 33.2 Å². The largest absolute Gasteiger partial charge is 0.377 e. The van der Waals surface area contributed by atoms with Gasteiger partial charge < -0.3 is 5.32 Å². The number of halogens is 2. The van der Waals surface area contributed by atoms with E-state index in [1.165, 1.54) is 5.56 Å². The molecule has 1 unspecified atom stereocenters. The molecule has 0 saturated carbocycles. The highest BCUT2D eigenvalue weighted by Gasteiger charge is 2.20. The molecule has 2 aromatic rings. The van der Waals surface area contributed by atoms with Crippen LogP contribution in [0.4, 0.5) is 5.69 Å². The van der Waals surface area contributed by atoms with E-state index >= 15 is 0 Å². The van der Waals surface area contributed by atoms with E-state index in [9.17, 15) is 0 Å². The van der Waals surface area contributed by atoms with E-state index in [1.54, 1.807) is 0 Å². The lowest BCUT2D eigenvalue weighted by atomic mass is 9.85. The Bertz CT molecular complexity index is 590. The molecule has 1 N–H and O–H groups in total. The Balaban J connectivity index is 2.28. The van der Waals surface area contributed by atoms with E-state index in [-0.39, 0.29) is 5.41 Å². The average Bonchev–Trinajstić information content (AvgIpc) is 2.40. The van der Waals surface area contributed by atoms with Crippen molar-refractivity contribution in [3.63, 3.8) is 0 Å². The second-order valence-corrected chi connectivity index (χ2v) is 8.10. The van der Waals surface area contributed by atoms with Crippen LogP contribution in [0.1, 0.15) is 38.8 Å². The van der Waals surface area contributed by atoms with Crippen molar-refractivity contribution in [2.75, 3.05) is 5.32 Å². The molecule has 0 amide bonds. The van der Waals surface area contributed by atoms with Gasteiger partial charge in [-0.15, -0.1) is 0 Å². The summed E-state index contributed by atoms with van der Waals surface area (Å²) in [7, 11) is 0. The highest BCUT2D eigenvalue weighted by atomic mass is 127. The maximum Gasteiger partial charge on any atom is 0.0519 e. The minimum atomic E-state index is 0.255. The maximum absolute atomic E-state index is 6.04. The first-order valence-corrected chi connectivity index (χ1v) is 8.57. The first-order valence-electron chi connectivity index (χ1n) is 7.12. The van der Waals surface area contributed by atoms with Gasteiger partial charge in [0.15, 0.2) is 0 Å². The third-order valence-corrected chi connectivity index (χ3v) is 4.41. The van der Waals surface area contributed by atoms with Gasteiger partial charge in [0.25, 0.3) is 0 Å². The third kappa shape index (κ3) is 5.19. The van der Waals surface area contributed by atoms with Crippen LogP contribution in [0.3, 0.4) is 0 Å². The zero-order chi connectivity index (χ0) is 15.5. The van der Waals surface area contributed by atoms with Crippen molar-refractivity contribution >= 4 is 39.9 Å². The quantitative estimate of drug-likeness (QED) is 0.562. The smallest absolute Gasteiger partial charge is 0.0519 e. The summed E-state index contributed by atoms with van der Waals surface area (Å²) in [5, 5.41) is 4.46. The summed E-state index contributed by atoms with van der Waals surface area (Å²) >= 11 is 8.37. The van der Waals surface area contributed by atoms with Gasteiger partial charge in [-0.3, -0.25) is 0 Å². The van der Waals surface area contributed by atoms with Crippen LogP contribution in [0, 0.1) is 8.99 Å². The van der Waals surface area contributed by atoms with Gasteiger partial charge in [-0.25, -0.2) is 0 Å². The molecule has 0 radical (unpaired) electrons. The van der Waals surface area contributed by atoms with Crippen molar-refractivity contribution in [3.05, 3.63) is 62.7 Å². The monoisotopic (exact) mass is 413 g/mol. The fraction of sp³-hybridized carbons (Fsp3) is 0.333. The van der Waals surface area contributed by atoms with E-state index < -0.39 is 0 Å². The Hall–Kier alpha value is -0.740. The Kier molecular flexibility index (Phi) is 5.55. The minimum Gasteiger partial charge on any atom is -0.377 e. The molecule has 1 nitrogen and oxygen atoms in total. The Morgan fingerprint density at radius 1 is 1.10 bits per heavy atom. The van der Waals surface area contributed by atoms with E-state index in [2.05, 4.69) is 85.1 Å². The second kappa shape index (κ2) is 7.01. The molecule has 3 heteroatoms. The minimum absolute atomic E-state index is 0.255. The van der Waals surface area contributed by atoms with Crippen LogP contribution < -0.4 is 5.32 Å². The summed E-state index contributed by atoms with van der Waals surface area (Å²) in [4.78, 5) is 0. The van der Waals surface area contributed by atoms with E-state index in [1.807, 2.05) is 12.1 Å². The molecule has 0 heterocycles. The molecule has 0 aliphatic heterocycles.